The molecule has 0 bridgehead atoms. The van der Waals surface area contributed by atoms with Gasteiger partial charge < -0.3 is 5.73 Å². The maximum absolute atomic E-state index is 12.1. The number of benzene rings is 1. The van der Waals surface area contributed by atoms with Gasteiger partial charge in [0, 0.05) is 13.1 Å². The molecule has 1 aromatic carbocycles. The van der Waals surface area contributed by atoms with E-state index in [9.17, 15) is 8.42 Å². The van der Waals surface area contributed by atoms with E-state index in [0.29, 0.717) is 13.1 Å². The van der Waals surface area contributed by atoms with Crippen molar-refractivity contribution < 1.29 is 8.42 Å². The Kier molecular flexibility index (Phi) is 5.74. The number of rotatable bonds is 6. The second-order valence-corrected chi connectivity index (χ2v) is 8.20. The van der Waals surface area contributed by atoms with Gasteiger partial charge in [0.15, 0.2) is 0 Å². The van der Waals surface area contributed by atoms with Crippen molar-refractivity contribution in [3.63, 3.8) is 0 Å². The Morgan fingerprint density at radius 3 is 2.10 bits per heavy atom. The molecule has 0 aliphatic carbocycles. The van der Waals surface area contributed by atoms with Gasteiger partial charge in [0.25, 0.3) is 0 Å². The van der Waals surface area contributed by atoms with Crippen LogP contribution in [0.4, 0.5) is 0 Å². The van der Waals surface area contributed by atoms with Crippen molar-refractivity contribution in [2.24, 2.45) is 17.1 Å². The fourth-order valence-corrected chi connectivity index (χ4v) is 2.84. The summed E-state index contributed by atoms with van der Waals surface area (Å²) in [6.45, 7) is 9.31. The zero-order valence-corrected chi connectivity index (χ0v) is 13.6. The third-order valence-electron chi connectivity index (χ3n) is 3.70. The van der Waals surface area contributed by atoms with Gasteiger partial charge in [0.1, 0.15) is 0 Å². The second kappa shape index (κ2) is 6.70. The van der Waals surface area contributed by atoms with Gasteiger partial charge in [0.2, 0.25) is 10.0 Å². The van der Waals surface area contributed by atoms with E-state index in [1.807, 2.05) is 24.3 Å². The molecule has 1 rings (SSSR count). The fourth-order valence-electron chi connectivity index (χ4n) is 1.60. The molecule has 0 radical (unpaired) electrons. The standard InChI is InChI=1S/C15H26N2O2S/c1-12(15(2,3)4)10-17-20(18,19)11-14-7-5-13(9-16)6-8-14/h5-8,12,17H,9-11,16H2,1-4H3. The summed E-state index contributed by atoms with van der Waals surface area (Å²) in [5, 5.41) is 0. The summed E-state index contributed by atoms with van der Waals surface area (Å²) in [4.78, 5) is 0. The van der Waals surface area contributed by atoms with Crippen molar-refractivity contribution in [1.82, 2.24) is 4.72 Å². The highest BCUT2D eigenvalue weighted by Crippen LogP contribution is 2.24. The average Bonchev–Trinajstić information content (AvgIpc) is 2.35. The van der Waals surface area contributed by atoms with E-state index in [1.54, 1.807) is 0 Å². The molecule has 0 saturated heterocycles. The summed E-state index contributed by atoms with van der Waals surface area (Å²) < 4.78 is 26.8. The molecule has 0 fully saturated rings. The molecule has 1 aromatic rings. The van der Waals surface area contributed by atoms with Gasteiger partial charge in [-0.25, -0.2) is 13.1 Å². The van der Waals surface area contributed by atoms with E-state index in [4.69, 9.17) is 5.73 Å². The first-order valence-corrected chi connectivity index (χ1v) is 8.54. The molecule has 0 aliphatic rings. The van der Waals surface area contributed by atoms with Crippen molar-refractivity contribution in [2.75, 3.05) is 6.54 Å². The van der Waals surface area contributed by atoms with E-state index >= 15 is 0 Å². The first kappa shape index (κ1) is 17.1. The van der Waals surface area contributed by atoms with Gasteiger partial charge in [0.05, 0.1) is 5.75 Å². The SMILES string of the molecule is CC(CNS(=O)(=O)Cc1ccc(CN)cc1)C(C)(C)C. The molecule has 0 saturated carbocycles. The molecule has 0 heterocycles. The van der Waals surface area contributed by atoms with Crippen molar-refractivity contribution in [3.05, 3.63) is 35.4 Å². The van der Waals surface area contributed by atoms with Gasteiger partial charge in [-0.3, -0.25) is 0 Å². The van der Waals surface area contributed by atoms with Gasteiger partial charge in [-0.05, 0) is 22.5 Å². The van der Waals surface area contributed by atoms with Crippen LogP contribution in [-0.2, 0) is 22.3 Å². The lowest BCUT2D eigenvalue weighted by molar-refractivity contribution is 0.263. The zero-order valence-electron chi connectivity index (χ0n) is 12.8. The predicted octanol–water partition coefficient (Wildman–Crippen LogP) is 2.25. The Labute approximate surface area is 122 Å². The topological polar surface area (TPSA) is 72.2 Å². The van der Waals surface area contributed by atoms with Crippen LogP contribution in [-0.4, -0.2) is 15.0 Å². The molecule has 0 aliphatic heterocycles. The number of hydrogen-bond donors (Lipinski definition) is 2. The summed E-state index contributed by atoms with van der Waals surface area (Å²) in [7, 11) is -3.29. The molecule has 1 unspecified atom stereocenters. The lowest BCUT2D eigenvalue weighted by Crippen LogP contribution is -2.34. The van der Waals surface area contributed by atoms with Crippen molar-refractivity contribution in [3.8, 4) is 0 Å². The Morgan fingerprint density at radius 2 is 1.65 bits per heavy atom. The largest absolute Gasteiger partial charge is 0.326 e. The third kappa shape index (κ3) is 5.61. The first-order chi connectivity index (χ1) is 9.14. The molecule has 5 heteroatoms. The summed E-state index contributed by atoms with van der Waals surface area (Å²) in [5.74, 6) is 0.284. The maximum atomic E-state index is 12.1. The minimum atomic E-state index is -3.29. The van der Waals surface area contributed by atoms with Crippen LogP contribution in [0.15, 0.2) is 24.3 Å². The van der Waals surface area contributed by atoms with Crippen LogP contribution >= 0.6 is 0 Å². The van der Waals surface area contributed by atoms with Crippen molar-refractivity contribution in [1.29, 1.82) is 0 Å². The third-order valence-corrected chi connectivity index (χ3v) is 5.02. The molecular weight excluding hydrogens is 272 g/mol. The minimum Gasteiger partial charge on any atom is -0.326 e. The average molecular weight is 298 g/mol. The molecule has 114 valence electrons. The normalized spacial score (nSPS) is 14.2. The predicted molar refractivity (Wildman–Crippen MR) is 83.6 cm³/mol. The summed E-state index contributed by atoms with van der Waals surface area (Å²) in [6, 6.07) is 7.36. The second-order valence-electron chi connectivity index (χ2n) is 6.40. The number of sulfonamides is 1. The highest BCUT2D eigenvalue weighted by Gasteiger charge is 2.22. The van der Waals surface area contributed by atoms with Crippen LogP contribution in [0.3, 0.4) is 0 Å². The molecular formula is C15H26N2O2S. The molecule has 20 heavy (non-hydrogen) atoms. The first-order valence-electron chi connectivity index (χ1n) is 6.89. The van der Waals surface area contributed by atoms with E-state index in [-0.39, 0.29) is 17.1 Å². The van der Waals surface area contributed by atoms with E-state index in [2.05, 4.69) is 32.4 Å². The van der Waals surface area contributed by atoms with Gasteiger partial charge in [-0.15, -0.1) is 0 Å². The Morgan fingerprint density at radius 1 is 1.15 bits per heavy atom. The summed E-state index contributed by atoms with van der Waals surface area (Å²) in [6.07, 6.45) is 0. The Hall–Kier alpha value is -0.910. The number of nitrogens with one attached hydrogen (secondary N) is 1. The molecule has 0 amide bonds. The smallest absolute Gasteiger partial charge is 0.215 e. The molecule has 3 N–H and O–H groups in total. The molecule has 0 spiro atoms. The van der Waals surface area contributed by atoms with E-state index in [1.165, 1.54) is 0 Å². The Balaban J connectivity index is 2.61. The highest BCUT2D eigenvalue weighted by molar-refractivity contribution is 7.88. The van der Waals surface area contributed by atoms with Gasteiger partial charge in [-0.2, -0.15) is 0 Å². The number of hydrogen-bond acceptors (Lipinski definition) is 3. The van der Waals surface area contributed by atoms with Gasteiger partial charge in [-0.1, -0.05) is 52.0 Å². The molecule has 1 atom stereocenters. The minimum absolute atomic E-state index is 0.00865. The van der Waals surface area contributed by atoms with Crippen LogP contribution < -0.4 is 10.5 Å². The van der Waals surface area contributed by atoms with Crippen LogP contribution in [0.2, 0.25) is 0 Å². The number of nitrogens with two attached hydrogens (primary N) is 1. The van der Waals surface area contributed by atoms with Crippen LogP contribution in [0, 0.1) is 11.3 Å². The zero-order chi connectivity index (χ0) is 15.4. The molecule has 4 nitrogen and oxygen atoms in total. The van der Waals surface area contributed by atoms with Crippen LogP contribution in [0.25, 0.3) is 0 Å². The fraction of sp³-hybridized carbons (Fsp3) is 0.600. The van der Waals surface area contributed by atoms with Crippen molar-refractivity contribution >= 4 is 10.0 Å². The highest BCUT2D eigenvalue weighted by atomic mass is 32.2. The van der Waals surface area contributed by atoms with E-state index in [0.717, 1.165) is 11.1 Å². The lowest BCUT2D eigenvalue weighted by atomic mass is 9.82. The Bertz CT molecular complexity index is 516. The maximum Gasteiger partial charge on any atom is 0.215 e. The van der Waals surface area contributed by atoms with Crippen LogP contribution in [0.5, 0.6) is 0 Å². The summed E-state index contributed by atoms with van der Waals surface area (Å²) >= 11 is 0. The van der Waals surface area contributed by atoms with E-state index < -0.39 is 10.0 Å². The quantitative estimate of drug-likeness (QED) is 0.846. The van der Waals surface area contributed by atoms with Crippen molar-refractivity contribution in [2.45, 2.75) is 40.0 Å². The monoisotopic (exact) mass is 298 g/mol. The van der Waals surface area contributed by atoms with Gasteiger partial charge >= 0.3 is 0 Å². The van der Waals surface area contributed by atoms with Crippen LogP contribution in [0.1, 0.15) is 38.8 Å². The summed E-state index contributed by atoms with van der Waals surface area (Å²) in [5.41, 5.74) is 7.38. The molecule has 0 aromatic heterocycles. The lowest BCUT2D eigenvalue weighted by Gasteiger charge is -2.27.